The molecule has 0 aromatic heterocycles. The Kier molecular flexibility index (Phi) is 3.71. The van der Waals surface area contributed by atoms with Crippen LogP contribution in [0.3, 0.4) is 0 Å². The Morgan fingerprint density at radius 2 is 1.59 bits per heavy atom. The van der Waals surface area contributed by atoms with Crippen LogP contribution in [0.25, 0.3) is 0 Å². The summed E-state index contributed by atoms with van der Waals surface area (Å²) in [6, 6.07) is 0. The van der Waals surface area contributed by atoms with Crippen LogP contribution in [0.5, 0.6) is 0 Å². The van der Waals surface area contributed by atoms with Crippen LogP contribution >= 0.6 is 0 Å². The minimum atomic E-state index is -0.254. The van der Waals surface area contributed by atoms with Crippen molar-refractivity contribution in [2.45, 2.75) is 78.9 Å². The van der Waals surface area contributed by atoms with Crippen molar-refractivity contribution in [2.24, 2.45) is 10.8 Å². The molecule has 0 aromatic carbocycles. The van der Waals surface area contributed by atoms with Gasteiger partial charge in [0.2, 0.25) is 0 Å². The number of Topliss-reactive ketones (excluding diaryl/α,β-unsaturated/α-hetero) is 1. The Bertz CT molecular complexity index is 512. The molecule has 2 heterocycles. The van der Waals surface area contributed by atoms with E-state index in [9.17, 15) is 4.79 Å². The number of allylic oxidation sites excluding steroid dienone is 2. The highest BCUT2D eigenvalue weighted by molar-refractivity contribution is 5.98. The van der Waals surface area contributed by atoms with Gasteiger partial charge in [-0.3, -0.25) is 9.69 Å². The summed E-state index contributed by atoms with van der Waals surface area (Å²) in [4.78, 5) is 15.2. The molecule has 0 spiro atoms. The number of carbonyl (C=O) groups excluding carboxylic acids is 1. The van der Waals surface area contributed by atoms with Crippen LogP contribution < -0.4 is 0 Å². The topological polar surface area (TPSA) is 29.5 Å². The molecule has 1 fully saturated rings. The number of carbonyl (C=O) groups is 1. The summed E-state index contributed by atoms with van der Waals surface area (Å²) in [5.41, 5.74) is 0.650. The molecule has 0 N–H and O–H groups in total. The lowest BCUT2D eigenvalue weighted by molar-refractivity contribution is -0.163. The average Bonchev–Trinajstić information content (AvgIpc) is 2.35. The van der Waals surface area contributed by atoms with Gasteiger partial charge in [0.05, 0.1) is 0 Å². The molecule has 1 atom stereocenters. The van der Waals surface area contributed by atoms with Crippen LogP contribution in [0.15, 0.2) is 11.3 Å². The normalized spacial score (nSPS) is 35.0. The number of hydrogen-bond donors (Lipinski definition) is 0. The first-order valence-electron chi connectivity index (χ1n) is 8.84. The summed E-state index contributed by atoms with van der Waals surface area (Å²) < 4.78 is 6.54. The van der Waals surface area contributed by atoms with Crippen molar-refractivity contribution in [1.82, 2.24) is 4.90 Å². The number of ketones is 1. The molecule has 22 heavy (non-hydrogen) atoms. The Labute approximate surface area is 135 Å². The predicted molar refractivity (Wildman–Crippen MR) is 88.4 cm³/mol. The first-order chi connectivity index (χ1) is 10.1. The highest BCUT2D eigenvalue weighted by atomic mass is 16.5. The summed E-state index contributed by atoms with van der Waals surface area (Å²) in [7, 11) is 0. The zero-order valence-corrected chi connectivity index (χ0v) is 14.9. The minimum Gasteiger partial charge on any atom is -0.477 e. The fourth-order valence-electron chi connectivity index (χ4n) is 4.86. The van der Waals surface area contributed by atoms with Gasteiger partial charge in [0.15, 0.2) is 11.5 Å². The fraction of sp³-hybridized carbons (Fsp3) is 0.842. The van der Waals surface area contributed by atoms with E-state index in [2.05, 4.69) is 39.5 Å². The van der Waals surface area contributed by atoms with E-state index in [4.69, 9.17) is 4.74 Å². The van der Waals surface area contributed by atoms with E-state index in [-0.39, 0.29) is 16.6 Å². The lowest BCUT2D eigenvalue weighted by Gasteiger charge is -2.53. The number of ether oxygens (including phenoxy) is 1. The lowest BCUT2D eigenvalue weighted by Crippen LogP contribution is -2.56. The largest absolute Gasteiger partial charge is 0.477 e. The van der Waals surface area contributed by atoms with Crippen molar-refractivity contribution >= 4 is 5.78 Å². The van der Waals surface area contributed by atoms with Gasteiger partial charge in [0, 0.05) is 43.3 Å². The van der Waals surface area contributed by atoms with E-state index >= 15 is 0 Å². The monoisotopic (exact) mass is 305 g/mol. The minimum absolute atomic E-state index is 0.0200. The van der Waals surface area contributed by atoms with Crippen LogP contribution in [0.1, 0.15) is 73.1 Å². The number of piperidine rings is 1. The third kappa shape index (κ3) is 2.73. The second kappa shape index (κ2) is 5.09. The number of nitrogens with zero attached hydrogens (tertiary/aromatic N) is 1. The molecule has 0 amide bonds. The SMILES string of the molecule is CC1(C)CC(=O)C2=C(C1)O[C@@](C)(N1CCCCC1)CC2(C)C. The lowest BCUT2D eigenvalue weighted by atomic mass is 9.65. The van der Waals surface area contributed by atoms with Crippen molar-refractivity contribution < 1.29 is 9.53 Å². The zero-order valence-electron chi connectivity index (χ0n) is 14.9. The summed E-state index contributed by atoms with van der Waals surface area (Å²) in [5.74, 6) is 1.28. The molecule has 0 bridgehead atoms. The third-order valence-electron chi connectivity index (χ3n) is 5.65. The average molecular weight is 305 g/mol. The molecule has 3 heteroatoms. The second-order valence-corrected chi connectivity index (χ2v) is 9.12. The van der Waals surface area contributed by atoms with Crippen molar-refractivity contribution in [2.75, 3.05) is 13.1 Å². The van der Waals surface area contributed by atoms with E-state index in [1.165, 1.54) is 19.3 Å². The third-order valence-corrected chi connectivity index (χ3v) is 5.65. The summed E-state index contributed by atoms with van der Waals surface area (Å²) in [5, 5.41) is 0. The molecule has 1 saturated heterocycles. The Balaban J connectivity index is 1.96. The van der Waals surface area contributed by atoms with Crippen LogP contribution in [0.4, 0.5) is 0 Å². The summed E-state index contributed by atoms with van der Waals surface area (Å²) >= 11 is 0. The van der Waals surface area contributed by atoms with Crippen molar-refractivity contribution in [3.63, 3.8) is 0 Å². The molecule has 1 aliphatic carbocycles. The van der Waals surface area contributed by atoms with Crippen LogP contribution in [0.2, 0.25) is 0 Å². The Morgan fingerprint density at radius 1 is 0.955 bits per heavy atom. The maximum atomic E-state index is 12.7. The van der Waals surface area contributed by atoms with Gasteiger partial charge in [-0.2, -0.15) is 0 Å². The molecular formula is C19H31NO2. The van der Waals surface area contributed by atoms with Gasteiger partial charge >= 0.3 is 0 Å². The van der Waals surface area contributed by atoms with Gasteiger partial charge in [0.25, 0.3) is 0 Å². The fourth-order valence-corrected chi connectivity index (χ4v) is 4.86. The molecule has 0 aromatic rings. The van der Waals surface area contributed by atoms with Gasteiger partial charge in [0.1, 0.15) is 5.76 Å². The van der Waals surface area contributed by atoms with Crippen molar-refractivity contribution in [3.05, 3.63) is 11.3 Å². The Hall–Kier alpha value is -0.830. The number of rotatable bonds is 1. The van der Waals surface area contributed by atoms with Crippen molar-refractivity contribution in [1.29, 1.82) is 0 Å². The van der Waals surface area contributed by atoms with E-state index in [1.807, 2.05) is 0 Å². The highest BCUT2D eigenvalue weighted by Crippen LogP contribution is 2.52. The van der Waals surface area contributed by atoms with E-state index in [1.54, 1.807) is 0 Å². The highest BCUT2D eigenvalue weighted by Gasteiger charge is 2.51. The maximum Gasteiger partial charge on any atom is 0.163 e. The van der Waals surface area contributed by atoms with Gasteiger partial charge in [-0.05, 0) is 25.2 Å². The van der Waals surface area contributed by atoms with Crippen LogP contribution in [-0.4, -0.2) is 29.5 Å². The Morgan fingerprint density at radius 3 is 2.23 bits per heavy atom. The van der Waals surface area contributed by atoms with Crippen molar-refractivity contribution in [3.8, 4) is 0 Å². The molecular weight excluding hydrogens is 274 g/mol. The van der Waals surface area contributed by atoms with E-state index in [0.717, 1.165) is 37.3 Å². The molecule has 3 nitrogen and oxygen atoms in total. The van der Waals surface area contributed by atoms with Gasteiger partial charge < -0.3 is 4.74 Å². The zero-order chi connectivity index (χ0) is 16.2. The van der Waals surface area contributed by atoms with Gasteiger partial charge in [-0.25, -0.2) is 0 Å². The molecule has 3 rings (SSSR count). The van der Waals surface area contributed by atoms with Crippen LogP contribution in [-0.2, 0) is 9.53 Å². The van der Waals surface area contributed by atoms with Gasteiger partial charge in [-0.15, -0.1) is 0 Å². The first-order valence-corrected chi connectivity index (χ1v) is 8.84. The number of hydrogen-bond acceptors (Lipinski definition) is 3. The second-order valence-electron chi connectivity index (χ2n) is 9.12. The molecule has 0 unspecified atom stereocenters. The van der Waals surface area contributed by atoms with E-state index < -0.39 is 0 Å². The van der Waals surface area contributed by atoms with Crippen LogP contribution in [0, 0.1) is 10.8 Å². The molecule has 124 valence electrons. The summed E-state index contributed by atoms with van der Waals surface area (Å²) in [6.07, 6.45) is 6.30. The smallest absolute Gasteiger partial charge is 0.163 e. The molecule has 0 radical (unpaired) electrons. The quantitative estimate of drug-likeness (QED) is 0.724. The maximum absolute atomic E-state index is 12.7. The number of likely N-dealkylation sites (tertiary alicyclic amines) is 1. The van der Waals surface area contributed by atoms with Gasteiger partial charge in [-0.1, -0.05) is 34.1 Å². The molecule has 3 aliphatic rings. The predicted octanol–water partition coefficient (Wildman–Crippen LogP) is 4.28. The standard InChI is InChI=1S/C19H31NO2/c1-17(2)11-14(21)16-15(12-17)22-19(5,13-18(16,3)4)20-9-7-6-8-10-20/h6-13H2,1-5H3/t19-/m1/s1. The molecule has 2 aliphatic heterocycles. The van der Waals surface area contributed by atoms with E-state index in [0.29, 0.717) is 12.2 Å². The summed E-state index contributed by atoms with van der Waals surface area (Å²) in [6.45, 7) is 13.3. The first kappa shape index (κ1) is 16.0. The molecule has 0 saturated carbocycles.